The lowest BCUT2D eigenvalue weighted by atomic mass is 9.92. The number of fused-ring (bicyclic) bond motifs is 3. The lowest BCUT2D eigenvalue weighted by molar-refractivity contribution is 0.203. The van der Waals surface area contributed by atoms with Crippen LogP contribution >= 0.6 is 11.6 Å². The van der Waals surface area contributed by atoms with Crippen molar-refractivity contribution in [3.8, 4) is 5.75 Å². The van der Waals surface area contributed by atoms with Gasteiger partial charge >= 0.3 is 0 Å². The highest BCUT2D eigenvalue weighted by atomic mass is 35.5. The fraction of sp³-hybridized carbons (Fsp3) is 0.478. The first-order chi connectivity index (χ1) is 15.6. The molecule has 0 spiro atoms. The summed E-state index contributed by atoms with van der Waals surface area (Å²) in [6, 6.07) is 9.95. The van der Waals surface area contributed by atoms with Crippen LogP contribution in [0, 0.1) is 18.8 Å². The second-order valence-electron chi connectivity index (χ2n) is 9.06. The van der Waals surface area contributed by atoms with Crippen LogP contribution in [0.1, 0.15) is 36.9 Å². The SMILES string of the molecule is Cc1cc(N2C[C@H]3CC[C@@H](C2)C3Nc2nc3n(n2)CC[C@H]3Oc2ccc(Cl)cc2)ncn1. The first-order valence-corrected chi connectivity index (χ1v) is 11.7. The first-order valence-electron chi connectivity index (χ1n) is 11.3. The van der Waals surface area contributed by atoms with Gasteiger partial charge in [-0.05, 0) is 55.9 Å². The molecule has 2 aliphatic heterocycles. The molecule has 0 radical (unpaired) electrons. The number of benzene rings is 1. The molecule has 1 N–H and O–H groups in total. The number of hydrogen-bond donors (Lipinski definition) is 1. The van der Waals surface area contributed by atoms with Gasteiger partial charge in [0.2, 0.25) is 5.95 Å². The number of rotatable bonds is 5. The average Bonchev–Trinajstić information content (AvgIpc) is 3.41. The van der Waals surface area contributed by atoms with Gasteiger partial charge in [0.1, 0.15) is 17.9 Å². The summed E-state index contributed by atoms with van der Waals surface area (Å²) >= 11 is 5.99. The lowest BCUT2D eigenvalue weighted by Crippen LogP contribution is -2.48. The molecular weight excluding hydrogens is 426 g/mol. The Hall–Kier alpha value is -2.87. The Balaban J connectivity index is 1.14. The monoisotopic (exact) mass is 451 g/mol. The molecule has 3 aromatic rings. The molecule has 4 atom stereocenters. The number of aromatic nitrogens is 5. The maximum absolute atomic E-state index is 6.16. The van der Waals surface area contributed by atoms with Crippen LogP contribution in [0.15, 0.2) is 36.7 Å². The number of halogens is 1. The van der Waals surface area contributed by atoms with Crippen LogP contribution < -0.4 is 15.0 Å². The highest BCUT2D eigenvalue weighted by molar-refractivity contribution is 6.30. The van der Waals surface area contributed by atoms with Crippen molar-refractivity contribution in [1.29, 1.82) is 0 Å². The van der Waals surface area contributed by atoms with E-state index in [0.29, 0.717) is 22.9 Å². The Morgan fingerprint density at radius 3 is 2.59 bits per heavy atom. The van der Waals surface area contributed by atoms with Gasteiger partial charge in [0, 0.05) is 48.9 Å². The molecule has 1 saturated heterocycles. The predicted molar refractivity (Wildman–Crippen MR) is 122 cm³/mol. The van der Waals surface area contributed by atoms with Gasteiger partial charge in [-0.25, -0.2) is 14.6 Å². The molecule has 32 heavy (non-hydrogen) atoms. The maximum atomic E-state index is 6.16. The molecule has 2 bridgehead atoms. The third-order valence-corrected chi connectivity index (χ3v) is 7.18. The minimum atomic E-state index is -0.0844. The third kappa shape index (κ3) is 3.66. The van der Waals surface area contributed by atoms with Gasteiger partial charge < -0.3 is 15.0 Å². The second-order valence-corrected chi connectivity index (χ2v) is 9.49. The van der Waals surface area contributed by atoms with Gasteiger partial charge in [0.25, 0.3) is 0 Å². The van der Waals surface area contributed by atoms with Crippen molar-refractivity contribution < 1.29 is 4.74 Å². The minimum Gasteiger partial charge on any atom is -0.482 e. The molecule has 1 saturated carbocycles. The number of anilines is 2. The quantitative estimate of drug-likeness (QED) is 0.630. The molecule has 6 rings (SSSR count). The van der Waals surface area contributed by atoms with Crippen LogP contribution in [-0.4, -0.2) is 43.9 Å². The minimum absolute atomic E-state index is 0.0844. The standard InChI is InChI=1S/C23H26ClN7O/c1-14-10-20(26-13-25-14)30-11-15-2-3-16(12-30)21(15)27-23-28-22-19(8-9-31(22)29-23)32-18-6-4-17(24)5-7-18/h4-7,10,13,15-16,19,21H,2-3,8-9,11-12H2,1H3,(H,27,29)/t15-,16+,19-,21?/m1/s1. The smallest absolute Gasteiger partial charge is 0.242 e. The Bertz CT molecular complexity index is 1100. The molecule has 0 amide bonds. The van der Waals surface area contributed by atoms with E-state index in [1.807, 2.05) is 35.9 Å². The van der Waals surface area contributed by atoms with E-state index in [1.54, 1.807) is 6.33 Å². The third-order valence-electron chi connectivity index (χ3n) is 6.93. The van der Waals surface area contributed by atoms with Crippen molar-refractivity contribution in [3.63, 3.8) is 0 Å². The highest BCUT2D eigenvalue weighted by Crippen LogP contribution is 2.40. The summed E-state index contributed by atoms with van der Waals surface area (Å²) < 4.78 is 8.13. The first kappa shape index (κ1) is 19.8. The van der Waals surface area contributed by atoms with Gasteiger partial charge in [-0.2, -0.15) is 4.98 Å². The molecule has 2 fully saturated rings. The lowest BCUT2D eigenvalue weighted by Gasteiger charge is -2.38. The largest absolute Gasteiger partial charge is 0.482 e. The second kappa shape index (κ2) is 7.92. The number of ether oxygens (including phenoxy) is 1. The van der Waals surface area contributed by atoms with Gasteiger partial charge in [0.15, 0.2) is 11.9 Å². The number of nitrogens with zero attached hydrogens (tertiary/aromatic N) is 6. The molecule has 1 aromatic carbocycles. The molecule has 2 aromatic heterocycles. The van der Waals surface area contributed by atoms with E-state index < -0.39 is 0 Å². The Labute approximate surface area is 192 Å². The zero-order chi connectivity index (χ0) is 21.7. The summed E-state index contributed by atoms with van der Waals surface area (Å²) in [5.74, 6) is 4.57. The van der Waals surface area contributed by atoms with Crippen molar-refractivity contribution in [3.05, 3.63) is 53.2 Å². The van der Waals surface area contributed by atoms with Crippen LogP contribution in [0.3, 0.4) is 0 Å². The van der Waals surface area contributed by atoms with E-state index in [2.05, 4.69) is 26.3 Å². The number of hydrogen-bond acceptors (Lipinski definition) is 7. The van der Waals surface area contributed by atoms with Crippen LogP contribution in [-0.2, 0) is 6.54 Å². The molecule has 1 unspecified atom stereocenters. The van der Waals surface area contributed by atoms with Crippen molar-refractivity contribution in [1.82, 2.24) is 24.7 Å². The van der Waals surface area contributed by atoms with E-state index in [1.165, 1.54) is 12.8 Å². The van der Waals surface area contributed by atoms with Crippen LogP contribution in [0.5, 0.6) is 5.75 Å². The van der Waals surface area contributed by atoms with Gasteiger partial charge in [-0.3, -0.25) is 0 Å². The summed E-state index contributed by atoms with van der Waals surface area (Å²) in [4.78, 5) is 16.0. The highest BCUT2D eigenvalue weighted by Gasteiger charge is 2.43. The molecule has 8 nitrogen and oxygen atoms in total. The molecule has 9 heteroatoms. The van der Waals surface area contributed by atoms with Crippen molar-refractivity contribution >= 4 is 23.4 Å². The van der Waals surface area contributed by atoms with E-state index in [4.69, 9.17) is 26.4 Å². The van der Waals surface area contributed by atoms with Crippen LogP contribution in [0.4, 0.5) is 11.8 Å². The number of piperidine rings is 1. The summed E-state index contributed by atoms with van der Waals surface area (Å²) in [5.41, 5.74) is 1.01. The number of aryl methyl sites for hydroxylation is 2. The van der Waals surface area contributed by atoms with Crippen molar-refractivity contribution in [2.45, 2.75) is 44.9 Å². The average molecular weight is 452 g/mol. The predicted octanol–water partition coefficient (Wildman–Crippen LogP) is 3.88. The molecule has 3 aliphatic rings. The van der Waals surface area contributed by atoms with E-state index in [-0.39, 0.29) is 6.10 Å². The Morgan fingerprint density at radius 1 is 1.06 bits per heavy atom. The fourth-order valence-electron chi connectivity index (χ4n) is 5.38. The van der Waals surface area contributed by atoms with Gasteiger partial charge in [-0.15, -0.1) is 5.10 Å². The maximum Gasteiger partial charge on any atom is 0.242 e. The zero-order valence-electron chi connectivity index (χ0n) is 18.0. The van der Waals surface area contributed by atoms with Crippen molar-refractivity contribution in [2.75, 3.05) is 23.3 Å². The van der Waals surface area contributed by atoms with E-state index in [9.17, 15) is 0 Å². The molecule has 1 aliphatic carbocycles. The van der Waals surface area contributed by atoms with E-state index in [0.717, 1.165) is 55.1 Å². The van der Waals surface area contributed by atoms with Gasteiger partial charge in [0.05, 0.1) is 0 Å². The van der Waals surface area contributed by atoms with E-state index >= 15 is 0 Å². The molecule has 4 heterocycles. The van der Waals surface area contributed by atoms with Crippen LogP contribution in [0.25, 0.3) is 0 Å². The summed E-state index contributed by atoms with van der Waals surface area (Å²) in [6.45, 7) is 4.84. The van der Waals surface area contributed by atoms with Gasteiger partial charge in [-0.1, -0.05) is 11.6 Å². The van der Waals surface area contributed by atoms with Crippen molar-refractivity contribution in [2.24, 2.45) is 11.8 Å². The fourth-order valence-corrected chi connectivity index (χ4v) is 5.51. The normalized spacial score (nSPS) is 26.2. The topological polar surface area (TPSA) is 81.0 Å². The number of nitrogens with one attached hydrogen (secondary N) is 1. The van der Waals surface area contributed by atoms with Crippen LogP contribution in [0.2, 0.25) is 5.02 Å². The molecular formula is C23H26ClN7O. The Morgan fingerprint density at radius 2 is 1.84 bits per heavy atom. The summed E-state index contributed by atoms with van der Waals surface area (Å²) in [6.07, 6.45) is 4.90. The summed E-state index contributed by atoms with van der Waals surface area (Å²) in [7, 11) is 0. The summed E-state index contributed by atoms with van der Waals surface area (Å²) in [5, 5.41) is 9.11. The Kier molecular flexibility index (Phi) is 4.90. The zero-order valence-corrected chi connectivity index (χ0v) is 18.7. The molecule has 166 valence electrons.